The van der Waals surface area contributed by atoms with Gasteiger partial charge < -0.3 is 9.84 Å². The molecule has 0 aromatic heterocycles. The van der Waals surface area contributed by atoms with Crippen molar-refractivity contribution in [3.8, 4) is 0 Å². The Labute approximate surface area is 106 Å². The predicted molar refractivity (Wildman–Crippen MR) is 67.7 cm³/mol. The molecule has 0 radical (unpaired) electrons. The van der Waals surface area contributed by atoms with Crippen molar-refractivity contribution in [2.75, 3.05) is 7.11 Å². The van der Waals surface area contributed by atoms with Crippen molar-refractivity contribution in [3.63, 3.8) is 0 Å². The Morgan fingerprint density at radius 2 is 2.22 bits per heavy atom. The maximum Gasteiger partial charge on any atom is 0.332 e. The summed E-state index contributed by atoms with van der Waals surface area (Å²) in [5.41, 5.74) is 0.541. The Hall–Kier alpha value is -1.68. The molecule has 1 atom stereocenters. The van der Waals surface area contributed by atoms with Gasteiger partial charge in [-0.25, -0.2) is 9.18 Å². The second-order valence-corrected chi connectivity index (χ2v) is 3.92. The Balaban J connectivity index is 2.34. The molecule has 1 aromatic rings. The number of carboxylic acids is 1. The number of methoxy groups -OCH3 is 1. The summed E-state index contributed by atoms with van der Waals surface area (Å²) in [5, 5.41) is 8.75. The number of halogens is 1. The maximum absolute atomic E-state index is 13.2. The molecule has 3 nitrogen and oxygen atoms in total. The van der Waals surface area contributed by atoms with Gasteiger partial charge in [0.15, 0.2) is 6.10 Å². The van der Waals surface area contributed by atoms with Crippen molar-refractivity contribution in [2.45, 2.75) is 25.4 Å². The van der Waals surface area contributed by atoms with Crippen LogP contribution in [0.15, 0.2) is 30.3 Å². The lowest BCUT2D eigenvalue weighted by atomic mass is 10.1. The third kappa shape index (κ3) is 4.67. The summed E-state index contributed by atoms with van der Waals surface area (Å²) in [6.45, 7) is 0. The quantitative estimate of drug-likeness (QED) is 0.758. The Morgan fingerprint density at radius 3 is 2.83 bits per heavy atom. The van der Waals surface area contributed by atoms with E-state index in [9.17, 15) is 9.18 Å². The molecule has 1 N–H and O–H groups in total. The summed E-state index contributed by atoms with van der Waals surface area (Å²) in [7, 11) is 1.38. The van der Waals surface area contributed by atoms with Gasteiger partial charge in [0.2, 0.25) is 0 Å². The molecule has 18 heavy (non-hydrogen) atoms. The average Bonchev–Trinajstić information content (AvgIpc) is 2.35. The van der Waals surface area contributed by atoms with E-state index < -0.39 is 12.1 Å². The molecule has 0 fully saturated rings. The number of aliphatic carboxylic acids is 1. The first kappa shape index (κ1) is 14.4. The number of rotatable bonds is 7. The molecule has 0 saturated carbocycles. The Bertz CT molecular complexity index is 415. The fraction of sp³-hybridized carbons (Fsp3) is 0.357. The number of unbranched alkanes of at least 4 members (excludes halogenated alkanes) is 1. The topological polar surface area (TPSA) is 46.5 Å². The van der Waals surface area contributed by atoms with Crippen LogP contribution in [0.25, 0.3) is 6.08 Å². The molecule has 1 aromatic carbocycles. The van der Waals surface area contributed by atoms with E-state index in [1.54, 1.807) is 24.3 Å². The summed E-state index contributed by atoms with van der Waals surface area (Å²) in [5.74, 6) is -1.20. The van der Waals surface area contributed by atoms with Gasteiger partial charge in [-0.05, 0) is 25.3 Å². The molecular formula is C14H17FO3. The zero-order chi connectivity index (χ0) is 13.4. The minimum absolute atomic E-state index is 0.256. The normalized spacial score (nSPS) is 12.8. The van der Waals surface area contributed by atoms with Crippen LogP contribution in [0.1, 0.15) is 24.8 Å². The molecule has 0 unspecified atom stereocenters. The highest BCUT2D eigenvalue weighted by Gasteiger charge is 2.14. The first-order valence-corrected chi connectivity index (χ1v) is 5.82. The van der Waals surface area contributed by atoms with Gasteiger partial charge in [-0.1, -0.05) is 30.4 Å². The van der Waals surface area contributed by atoms with Crippen molar-refractivity contribution >= 4 is 12.0 Å². The van der Waals surface area contributed by atoms with Crippen molar-refractivity contribution in [1.82, 2.24) is 0 Å². The summed E-state index contributed by atoms with van der Waals surface area (Å²) < 4.78 is 18.1. The smallest absolute Gasteiger partial charge is 0.332 e. The molecule has 4 heteroatoms. The highest BCUT2D eigenvalue weighted by molar-refractivity contribution is 5.72. The molecule has 0 bridgehead atoms. The van der Waals surface area contributed by atoms with Crippen LogP contribution in [-0.4, -0.2) is 24.3 Å². The molecule has 0 heterocycles. The number of allylic oxidation sites excluding steroid dienone is 1. The number of hydrogen-bond donors (Lipinski definition) is 1. The van der Waals surface area contributed by atoms with Gasteiger partial charge in [-0.3, -0.25) is 0 Å². The lowest BCUT2D eigenvalue weighted by Crippen LogP contribution is -2.21. The zero-order valence-electron chi connectivity index (χ0n) is 10.3. The molecule has 0 amide bonds. The van der Waals surface area contributed by atoms with E-state index in [2.05, 4.69) is 0 Å². The van der Waals surface area contributed by atoms with Gasteiger partial charge in [0.1, 0.15) is 5.82 Å². The van der Waals surface area contributed by atoms with Gasteiger partial charge in [0.25, 0.3) is 0 Å². The zero-order valence-corrected chi connectivity index (χ0v) is 10.3. The lowest BCUT2D eigenvalue weighted by molar-refractivity contribution is -0.148. The molecule has 0 saturated heterocycles. The maximum atomic E-state index is 13.2. The highest BCUT2D eigenvalue weighted by Crippen LogP contribution is 2.10. The minimum atomic E-state index is -0.949. The van der Waals surface area contributed by atoms with Crippen molar-refractivity contribution in [2.24, 2.45) is 0 Å². The summed E-state index contributed by atoms with van der Waals surface area (Å²) in [6.07, 6.45) is 4.63. The minimum Gasteiger partial charge on any atom is -0.479 e. The van der Waals surface area contributed by atoms with Gasteiger partial charge in [0, 0.05) is 12.7 Å². The predicted octanol–water partition coefficient (Wildman–Crippen LogP) is 3.11. The van der Waals surface area contributed by atoms with Gasteiger partial charge >= 0.3 is 5.97 Å². The van der Waals surface area contributed by atoms with Crippen LogP contribution >= 0.6 is 0 Å². The SMILES string of the molecule is CO[C@H](CCC/C=C/c1ccccc1F)C(=O)O. The highest BCUT2D eigenvalue weighted by atomic mass is 19.1. The Morgan fingerprint density at radius 1 is 1.50 bits per heavy atom. The lowest BCUT2D eigenvalue weighted by Gasteiger charge is -2.08. The molecule has 98 valence electrons. The van der Waals surface area contributed by atoms with Crippen LogP contribution in [0.2, 0.25) is 0 Å². The number of hydrogen-bond acceptors (Lipinski definition) is 2. The number of ether oxygens (including phenoxy) is 1. The van der Waals surface area contributed by atoms with E-state index in [1.165, 1.54) is 13.2 Å². The van der Waals surface area contributed by atoms with E-state index in [0.29, 0.717) is 24.8 Å². The summed E-state index contributed by atoms with van der Waals surface area (Å²) in [4.78, 5) is 10.7. The van der Waals surface area contributed by atoms with Crippen LogP contribution in [0.3, 0.4) is 0 Å². The second-order valence-electron chi connectivity index (χ2n) is 3.92. The third-order valence-electron chi connectivity index (χ3n) is 2.60. The van der Waals surface area contributed by atoms with E-state index in [1.807, 2.05) is 6.08 Å². The molecule has 0 aliphatic heterocycles. The third-order valence-corrected chi connectivity index (χ3v) is 2.60. The average molecular weight is 252 g/mol. The fourth-order valence-corrected chi connectivity index (χ4v) is 1.58. The molecular weight excluding hydrogens is 235 g/mol. The van der Waals surface area contributed by atoms with E-state index in [-0.39, 0.29) is 5.82 Å². The van der Waals surface area contributed by atoms with E-state index >= 15 is 0 Å². The van der Waals surface area contributed by atoms with Crippen LogP contribution in [0.4, 0.5) is 4.39 Å². The second kappa shape index (κ2) is 7.61. The van der Waals surface area contributed by atoms with Crippen molar-refractivity contribution < 1.29 is 19.0 Å². The molecule has 0 aliphatic rings. The van der Waals surface area contributed by atoms with Crippen LogP contribution in [0.5, 0.6) is 0 Å². The largest absolute Gasteiger partial charge is 0.479 e. The number of carbonyl (C=O) groups is 1. The molecule has 0 spiro atoms. The first-order chi connectivity index (χ1) is 8.65. The monoisotopic (exact) mass is 252 g/mol. The first-order valence-electron chi connectivity index (χ1n) is 5.82. The van der Waals surface area contributed by atoms with Gasteiger partial charge in [-0.15, -0.1) is 0 Å². The van der Waals surface area contributed by atoms with Crippen LogP contribution in [-0.2, 0) is 9.53 Å². The van der Waals surface area contributed by atoms with Crippen LogP contribution in [0, 0.1) is 5.82 Å². The van der Waals surface area contributed by atoms with Crippen LogP contribution < -0.4 is 0 Å². The fourth-order valence-electron chi connectivity index (χ4n) is 1.58. The van der Waals surface area contributed by atoms with Crippen molar-refractivity contribution in [1.29, 1.82) is 0 Å². The van der Waals surface area contributed by atoms with E-state index in [0.717, 1.165) is 0 Å². The number of benzene rings is 1. The van der Waals surface area contributed by atoms with Gasteiger partial charge in [-0.2, -0.15) is 0 Å². The molecule has 1 rings (SSSR count). The number of carboxylic acid groups (broad SMARTS) is 1. The summed E-state index contributed by atoms with van der Waals surface area (Å²) in [6, 6.07) is 6.52. The van der Waals surface area contributed by atoms with Crippen molar-refractivity contribution in [3.05, 3.63) is 41.7 Å². The van der Waals surface area contributed by atoms with E-state index in [4.69, 9.17) is 9.84 Å². The molecule has 0 aliphatic carbocycles. The Kier molecular flexibility index (Phi) is 6.08. The summed E-state index contributed by atoms with van der Waals surface area (Å²) >= 11 is 0. The standard InChI is InChI=1S/C14H17FO3/c1-18-13(14(16)17)10-4-2-3-7-11-8-5-6-9-12(11)15/h3,5-9,13H,2,4,10H2,1H3,(H,16,17)/b7-3+/t13-/m1/s1. The van der Waals surface area contributed by atoms with Gasteiger partial charge in [0.05, 0.1) is 0 Å².